The second-order valence-electron chi connectivity index (χ2n) is 6.37. The highest BCUT2D eigenvalue weighted by Crippen LogP contribution is 2.19. The normalized spacial score (nSPS) is 12.9. The van der Waals surface area contributed by atoms with Gasteiger partial charge in [0.1, 0.15) is 0 Å². The third kappa shape index (κ3) is 4.27. The third-order valence-corrected chi connectivity index (χ3v) is 5.96. The largest absolute Gasteiger partial charge is 0.346 e. The summed E-state index contributed by atoms with van der Waals surface area (Å²) < 4.78 is 25.4. The first kappa shape index (κ1) is 19.1. The molecule has 6 heteroatoms. The zero-order chi connectivity index (χ0) is 18.8. The Kier molecular flexibility index (Phi) is 5.65. The number of rotatable bonds is 5. The molecule has 25 heavy (non-hydrogen) atoms. The lowest BCUT2D eigenvalue weighted by atomic mass is 10.0. The Morgan fingerprint density at radius 2 is 1.64 bits per heavy atom. The van der Waals surface area contributed by atoms with Crippen LogP contribution in [-0.2, 0) is 10.0 Å². The molecule has 0 radical (unpaired) electrons. The third-order valence-electron chi connectivity index (χ3n) is 4.13. The van der Waals surface area contributed by atoms with Crippen molar-refractivity contribution in [2.24, 2.45) is 0 Å². The zero-order valence-corrected chi connectivity index (χ0v) is 16.0. The molecule has 0 spiro atoms. The molecular weight excluding hydrogens is 336 g/mol. The molecule has 0 heterocycles. The van der Waals surface area contributed by atoms with Crippen LogP contribution >= 0.6 is 0 Å². The van der Waals surface area contributed by atoms with Crippen molar-refractivity contribution in [3.63, 3.8) is 0 Å². The molecular formula is C19H24N2O3S. The van der Waals surface area contributed by atoms with E-state index in [2.05, 4.69) is 5.32 Å². The first-order chi connectivity index (χ1) is 11.6. The Hall–Kier alpha value is -2.18. The minimum atomic E-state index is -3.45. The van der Waals surface area contributed by atoms with Crippen LogP contribution < -0.4 is 5.32 Å². The lowest BCUT2D eigenvalue weighted by Gasteiger charge is -2.17. The number of benzene rings is 2. The van der Waals surface area contributed by atoms with E-state index in [0.717, 1.165) is 16.7 Å². The fourth-order valence-corrected chi connectivity index (χ4v) is 3.47. The Bertz CT molecular complexity index is 872. The van der Waals surface area contributed by atoms with Crippen LogP contribution in [0.5, 0.6) is 0 Å². The van der Waals surface area contributed by atoms with Crippen LogP contribution in [0.2, 0.25) is 0 Å². The quantitative estimate of drug-likeness (QED) is 0.891. The van der Waals surface area contributed by atoms with Gasteiger partial charge in [0.2, 0.25) is 10.0 Å². The lowest BCUT2D eigenvalue weighted by Crippen LogP contribution is -2.27. The minimum absolute atomic E-state index is 0.144. The zero-order valence-electron chi connectivity index (χ0n) is 15.2. The number of nitrogens with one attached hydrogen (secondary N) is 1. The molecule has 134 valence electrons. The van der Waals surface area contributed by atoms with Gasteiger partial charge in [0.05, 0.1) is 10.9 Å². The summed E-state index contributed by atoms with van der Waals surface area (Å²) in [6, 6.07) is 12.0. The molecule has 0 bridgehead atoms. The molecule has 1 N–H and O–H groups in total. The van der Waals surface area contributed by atoms with Gasteiger partial charge in [0, 0.05) is 19.7 Å². The highest BCUT2D eigenvalue weighted by Gasteiger charge is 2.18. The number of hydrogen-bond acceptors (Lipinski definition) is 3. The van der Waals surface area contributed by atoms with Crippen LogP contribution in [0.3, 0.4) is 0 Å². The molecule has 2 aromatic carbocycles. The standard InChI is InChI=1S/C19H24N2O3S/c1-13-6-11-18(14(2)12-13)19(22)20-15(3)16-7-9-17(10-8-16)25(23,24)21(4)5/h6-12,15H,1-5H3,(H,20,22). The van der Waals surface area contributed by atoms with E-state index in [1.807, 2.05) is 39.0 Å². The van der Waals surface area contributed by atoms with Crippen LogP contribution in [0.25, 0.3) is 0 Å². The Labute approximate surface area is 149 Å². The van der Waals surface area contributed by atoms with E-state index in [1.54, 1.807) is 24.3 Å². The molecule has 1 atom stereocenters. The van der Waals surface area contributed by atoms with Gasteiger partial charge >= 0.3 is 0 Å². The maximum absolute atomic E-state index is 12.5. The Morgan fingerprint density at radius 1 is 1.04 bits per heavy atom. The number of carbonyl (C=O) groups excluding carboxylic acids is 1. The van der Waals surface area contributed by atoms with E-state index in [4.69, 9.17) is 0 Å². The molecule has 1 unspecified atom stereocenters. The first-order valence-electron chi connectivity index (χ1n) is 8.03. The summed E-state index contributed by atoms with van der Waals surface area (Å²) >= 11 is 0. The van der Waals surface area contributed by atoms with E-state index in [9.17, 15) is 13.2 Å². The van der Waals surface area contributed by atoms with Crippen molar-refractivity contribution >= 4 is 15.9 Å². The van der Waals surface area contributed by atoms with Crippen LogP contribution in [0.15, 0.2) is 47.4 Å². The number of aryl methyl sites for hydroxylation is 2. The number of sulfonamides is 1. The highest BCUT2D eigenvalue weighted by atomic mass is 32.2. The Morgan fingerprint density at radius 3 is 2.16 bits per heavy atom. The van der Waals surface area contributed by atoms with Gasteiger partial charge in [-0.2, -0.15) is 0 Å². The van der Waals surface area contributed by atoms with E-state index in [-0.39, 0.29) is 16.8 Å². The van der Waals surface area contributed by atoms with E-state index < -0.39 is 10.0 Å². The molecule has 0 saturated heterocycles. The van der Waals surface area contributed by atoms with Crippen molar-refractivity contribution in [3.8, 4) is 0 Å². The van der Waals surface area contributed by atoms with Gasteiger partial charge in [-0.25, -0.2) is 12.7 Å². The van der Waals surface area contributed by atoms with Gasteiger partial charge in [-0.1, -0.05) is 29.8 Å². The topological polar surface area (TPSA) is 66.5 Å². The van der Waals surface area contributed by atoms with Gasteiger partial charge in [-0.05, 0) is 50.1 Å². The summed E-state index contributed by atoms with van der Waals surface area (Å²) in [6.07, 6.45) is 0. The summed E-state index contributed by atoms with van der Waals surface area (Å²) in [6.45, 7) is 5.77. The molecule has 0 saturated carbocycles. The van der Waals surface area contributed by atoms with Gasteiger partial charge in [0.15, 0.2) is 0 Å². The average Bonchev–Trinajstić information content (AvgIpc) is 2.54. The summed E-state index contributed by atoms with van der Waals surface area (Å²) in [5.41, 5.74) is 3.52. The summed E-state index contributed by atoms with van der Waals surface area (Å²) in [5.74, 6) is -0.144. The SMILES string of the molecule is Cc1ccc(C(=O)NC(C)c2ccc(S(=O)(=O)N(C)C)cc2)c(C)c1. The minimum Gasteiger partial charge on any atom is -0.346 e. The predicted octanol–water partition coefficient (Wildman–Crippen LogP) is 3.04. The maximum atomic E-state index is 12.5. The van der Waals surface area contributed by atoms with Gasteiger partial charge in [-0.3, -0.25) is 4.79 Å². The second kappa shape index (κ2) is 7.37. The number of carbonyl (C=O) groups is 1. The molecule has 1 amide bonds. The molecule has 2 aromatic rings. The lowest BCUT2D eigenvalue weighted by molar-refractivity contribution is 0.0939. The molecule has 0 aliphatic carbocycles. The molecule has 0 fully saturated rings. The summed E-state index contributed by atoms with van der Waals surface area (Å²) in [5, 5.41) is 2.95. The summed E-state index contributed by atoms with van der Waals surface area (Å²) in [4.78, 5) is 12.7. The first-order valence-corrected chi connectivity index (χ1v) is 9.47. The maximum Gasteiger partial charge on any atom is 0.252 e. The highest BCUT2D eigenvalue weighted by molar-refractivity contribution is 7.89. The molecule has 0 aromatic heterocycles. The average molecular weight is 360 g/mol. The van der Waals surface area contributed by atoms with Gasteiger partial charge < -0.3 is 5.32 Å². The Balaban J connectivity index is 2.16. The fourth-order valence-electron chi connectivity index (χ4n) is 2.57. The second-order valence-corrected chi connectivity index (χ2v) is 8.52. The van der Waals surface area contributed by atoms with Crippen LogP contribution in [0.4, 0.5) is 0 Å². The van der Waals surface area contributed by atoms with E-state index in [0.29, 0.717) is 5.56 Å². The number of hydrogen-bond donors (Lipinski definition) is 1. The van der Waals surface area contributed by atoms with Crippen LogP contribution in [-0.4, -0.2) is 32.7 Å². The molecule has 0 aliphatic rings. The van der Waals surface area contributed by atoms with Crippen molar-refractivity contribution < 1.29 is 13.2 Å². The molecule has 5 nitrogen and oxygen atoms in total. The van der Waals surface area contributed by atoms with E-state index >= 15 is 0 Å². The van der Waals surface area contributed by atoms with Crippen LogP contribution in [0.1, 0.15) is 40.0 Å². The number of amides is 1. The number of nitrogens with zero attached hydrogens (tertiary/aromatic N) is 1. The van der Waals surface area contributed by atoms with E-state index in [1.165, 1.54) is 18.4 Å². The monoisotopic (exact) mass is 360 g/mol. The summed E-state index contributed by atoms with van der Waals surface area (Å²) in [7, 11) is -0.457. The van der Waals surface area contributed by atoms with Crippen molar-refractivity contribution in [1.82, 2.24) is 9.62 Å². The smallest absolute Gasteiger partial charge is 0.252 e. The van der Waals surface area contributed by atoms with Gasteiger partial charge in [-0.15, -0.1) is 0 Å². The van der Waals surface area contributed by atoms with Gasteiger partial charge in [0.25, 0.3) is 5.91 Å². The van der Waals surface area contributed by atoms with Crippen LogP contribution in [0, 0.1) is 13.8 Å². The van der Waals surface area contributed by atoms with Crippen molar-refractivity contribution in [2.75, 3.05) is 14.1 Å². The molecule has 0 aliphatic heterocycles. The predicted molar refractivity (Wildman–Crippen MR) is 99.1 cm³/mol. The van der Waals surface area contributed by atoms with Crippen molar-refractivity contribution in [3.05, 3.63) is 64.7 Å². The fraction of sp³-hybridized carbons (Fsp3) is 0.316. The molecule has 2 rings (SSSR count). The van der Waals surface area contributed by atoms with Crippen molar-refractivity contribution in [2.45, 2.75) is 31.7 Å². The van der Waals surface area contributed by atoms with Crippen molar-refractivity contribution in [1.29, 1.82) is 0 Å².